The lowest BCUT2D eigenvalue weighted by Crippen LogP contribution is -2.22. The van der Waals surface area contributed by atoms with Gasteiger partial charge >= 0.3 is 0 Å². The minimum atomic E-state index is -0.0414. The third-order valence-electron chi connectivity index (χ3n) is 4.61. The number of aliphatic imine (C=N–C) groups is 1. The van der Waals surface area contributed by atoms with Crippen LogP contribution in [0.1, 0.15) is 60.5 Å². The van der Waals surface area contributed by atoms with Crippen molar-refractivity contribution < 1.29 is 9.53 Å². The van der Waals surface area contributed by atoms with E-state index in [-0.39, 0.29) is 11.9 Å². The average Bonchev–Trinajstić information content (AvgIpc) is 3.49. The second-order valence-electron chi connectivity index (χ2n) is 6.86. The fourth-order valence-electron chi connectivity index (χ4n) is 2.93. The zero-order chi connectivity index (χ0) is 18.4. The summed E-state index contributed by atoms with van der Waals surface area (Å²) in [5, 5.41) is 3.84. The lowest BCUT2D eigenvalue weighted by atomic mass is 9.98. The van der Waals surface area contributed by atoms with Crippen LogP contribution >= 0.6 is 0 Å². The number of ketones is 1. The van der Waals surface area contributed by atoms with Gasteiger partial charge in [0.05, 0.1) is 12.6 Å². The molecule has 2 aliphatic rings. The molecule has 1 saturated heterocycles. The SMILES string of the molecule is CC(=O)c1cc(C#CC2CC2)ccc1/C(C=NCC1CCCCO1)=N/N. The Balaban J connectivity index is 1.76. The van der Waals surface area contributed by atoms with E-state index in [1.165, 1.54) is 26.2 Å². The highest BCUT2D eigenvalue weighted by molar-refractivity contribution is 6.39. The third kappa shape index (κ3) is 5.03. The highest BCUT2D eigenvalue weighted by Gasteiger charge is 2.18. The van der Waals surface area contributed by atoms with Crippen LogP contribution in [0.5, 0.6) is 0 Å². The molecule has 136 valence electrons. The number of hydrazone groups is 1. The fourth-order valence-corrected chi connectivity index (χ4v) is 2.93. The number of nitrogens with two attached hydrogens (primary N) is 1. The van der Waals surface area contributed by atoms with E-state index < -0.39 is 0 Å². The maximum atomic E-state index is 12.1. The zero-order valence-electron chi connectivity index (χ0n) is 15.2. The second kappa shape index (κ2) is 8.77. The number of carbonyl (C=O) groups excluding carboxylic acids is 1. The van der Waals surface area contributed by atoms with Gasteiger partial charge in [-0.1, -0.05) is 17.9 Å². The van der Waals surface area contributed by atoms with Crippen molar-refractivity contribution in [2.24, 2.45) is 21.9 Å². The van der Waals surface area contributed by atoms with E-state index in [4.69, 9.17) is 10.6 Å². The molecule has 0 radical (unpaired) electrons. The summed E-state index contributed by atoms with van der Waals surface area (Å²) in [5.74, 6) is 12.4. The Kier molecular flexibility index (Phi) is 6.19. The number of nitrogens with zero attached hydrogens (tertiary/aromatic N) is 2. The summed E-state index contributed by atoms with van der Waals surface area (Å²) >= 11 is 0. The number of Topliss-reactive ketones (excluding diaryl/α,β-unsaturated/α-hetero) is 1. The molecule has 1 aliphatic heterocycles. The van der Waals surface area contributed by atoms with Crippen molar-refractivity contribution in [1.29, 1.82) is 0 Å². The van der Waals surface area contributed by atoms with Crippen molar-refractivity contribution in [2.45, 2.75) is 45.1 Å². The van der Waals surface area contributed by atoms with Crippen LogP contribution in [0.15, 0.2) is 28.3 Å². The lowest BCUT2D eigenvalue weighted by molar-refractivity contribution is 0.0226. The Hall–Kier alpha value is -2.45. The quantitative estimate of drug-likeness (QED) is 0.291. The summed E-state index contributed by atoms with van der Waals surface area (Å²) in [6.07, 6.45) is 7.47. The van der Waals surface area contributed by atoms with Crippen LogP contribution in [0, 0.1) is 17.8 Å². The molecule has 0 spiro atoms. The summed E-state index contributed by atoms with van der Waals surface area (Å²) in [4.78, 5) is 16.5. The van der Waals surface area contributed by atoms with Gasteiger partial charge in [0.1, 0.15) is 5.71 Å². The highest BCUT2D eigenvalue weighted by atomic mass is 16.5. The Morgan fingerprint density at radius 3 is 2.81 bits per heavy atom. The molecule has 1 heterocycles. The number of ether oxygens (including phenoxy) is 1. The molecule has 1 aromatic rings. The molecule has 1 aliphatic carbocycles. The number of rotatable bonds is 5. The van der Waals surface area contributed by atoms with Crippen molar-refractivity contribution in [3.63, 3.8) is 0 Å². The maximum Gasteiger partial charge on any atom is 0.160 e. The summed E-state index contributed by atoms with van der Waals surface area (Å²) in [7, 11) is 0. The van der Waals surface area contributed by atoms with E-state index >= 15 is 0 Å². The average molecular weight is 351 g/mol. The topological polar surface area (TPSA) is 77.0 Å². The van der Waals surface area contributed by atoms with Gasteiger partial charge in [0.2, 0.25) is 0 Å². The summed E-state index contributed by atoms with van der Waals surface area (Å²) in [5.41, 5.74) is 2.59. The Bertz CT molecular complexity index is 776. The van der Waals surface area contributed by atoms with Crippen LogP contribution in [0.25, 0.3) is 0 Å². The standard InChI is InChI=1S/C21H25N3O2/c1-15(25)20-12-17(8-7-16-5-6-16)9-10-19(20)21(24-22)14-23-13-18-4-2-3-11-26-18/h9-10,12,14,16,18H,2-6,11,13,22H2,1H3/b23-14?,24-21+. The molecule has 1 saturated carbocycles. The van der Waals surface area contributed by atoms with Gasteiger partial charge in [-0.3, -0.25) is 9.79 Å². The fraction of sp³-hybridized carbons (Fsp3) is 0.476. The van der Waals surface area contributed by atoms with E-state index in [9.17, 15) is 4.79 Å². The minimum absolute atomic E-state index is 0.0414. The predicted octanol–water partition coefficient (Wildman–Crippen LogP) is 2.95. The van der Waals surface area contributed by atoms with Gasteiger partial charge in [0.25, 0.3) is 0 Å². The highest BCUT2D eigenvalue weighted by Crippen LogP contribution is 2.27. The normalized spacial score (nSPS) is 20.7. The first-order valence-electron chi connectivity index (χ1n) is 9.23. The molecule has 3 rings (SSSR count). The number of benzene rings is 1. The Morgan fingerprint density at radius 2 is 2.15 bits per heavy atom. The van der Waals surface area contributed by atoms with Crippen molar-refractivity contribution in [2.75, 3.05) is 13.2 Å². The largest absolute Gasteiger partial charge is 0.376 e. The molecule has 1 atom stereocenters. The number of hydrogen-bond donors (Lipinski definition) is 1. The molecule has 0 bridgehead atoms. The van der Waals surface area contributed by atoms with Gasteiger partial charge in [0, 0.05) is 35.4 Å². The van der Waals surface area contributed by atoms with Gasteiger partial charge in [0.15, 0.2) is 5.78 Å². The van der Waals surface area contributed by atoms with E-state index in [1.807, 2.05) is 18.2 Å². The lowest BCUT2D eigenvalue weighted by Gasteiger charge is -2.20. The molecule has 5 nitrogen and oxygen atoms in total. The molecule has 2 N–H and O–H groups in total. The first kappa shape index (κ1) is 18.3. The van der Waals surface area contributed by atoms with E-state index in [0.717, 1.165) is 25.0 Å². The van der Waals surface area contributed by atoms with Gasteiger partial charge < -0.3 is 10.6 Å². The molecule has 26 heavy (non-hydrogen) atoms. The monoisotopic (exact) mass is 351 g/mol. The van der Waals surface area contributed by atoms with Gasteiger partial charge in [-0.25, -0.2) is 0 Å². The maximum absolute atomic E-state index is 12.1. The number of carbonyl (C=O) groups is 1. The summed E-state index contributed by atoms with van der Waals surface area (Å²) < 4.78 is 5.67. The van der Waals surface area contributed by atoms with Crippen LogP contribution in [0.3, 0.4) is 0 Å². The zero-order valence-corrected chi connectivity index (χ0v) is 15.2. The Morgan fingerprint density at radius 1 is 1.31 bits per heavy atom. The van der Waals surface area contributed by atoms with Crippen LogP contribution in [-0.4, -0.2) is 37.0 Å². The molecular weight excluding hydrogens is 326 g/mol. The van der Waals surface area contributed by atoms with E-state index in [1.54, 1.807) is 6.21 Å². The predicted molar refractivity (Wildman–Crippen MR) is 104 cm³/mol. The van der Waals surface area contributed by atoms with Crippen LogP contribution in [-0.2, 0) is 4.74 Å². The third-order valence-corrected chi connectivity index (χ3v) is 4.61. The number of hydrogen-bond acceptors (Lipinski definition) is 5. The summed E-state index contributed by atoms with van der Waals surface area (Å²) in [6.45, 7) is 2.92. The van der Waals surface area contributed by atoms with Crippen molar-refractivity contribution in [3.05, 3.63) is 34.9 Å². The van der Waals surface area contributed by atoms with E-state index in [2.05, 4.69) is 21.9 Å². The van der Waals surface area contributed by atoms with Gasteiger partial charge in [-0.2, -0.15) is 5.10 Å². The van der Waals surface area contributed by atoms with E-state index in [0.29, 0.717) is 29.3 Å². The first-order chi connectivity index (χ1) is 12.7. The van der Waals surface area contributed by atoms with Crippen LogP contribution in [0.2, 0.25) is 0 Å². The van der Waals surface area contributed by atoms with Crippen molar-refractivity contribution in [3.8, 4) is 11.8 Å². The molecule has 1 aromatic carbocycles. The molecular formula is C21H25N3O2. The smallest absolute Gasteiger partial charge is 0.160 e. The molecule has 0 amide bonds. The summed E-state index contributed by atoms with van der Waals surface area (Å²) in [6, 6.07) is 5.57. The van der Waals surface area contributed by atoms with Crippen molar-refractivity contribution >= 4 is 17.7 Å². The molecule has 5 heteroatoms. The van der Waals surface area contributed by atoms with Gasteiger partial charge in [-0.15, -0.1) is 0 Å². The first-order valence-corrected chi connectivity index (χ1v) is 9.23. The van der Waals surface area contributed by atoms with Crippen LogP contribution in [0.4, 0.5) is 0 Å². The minimum Gasteiger partial charge on any atom is -0.376 e. The second-order valence-corrected chi connectivity index (χ2v) is 6.86. The Labute approximate surface area is 154 Å². The molecule has 1 unspecified atom stereocenters. The molecule has 2 fully saturated rings. The van der Waals surface area contributed by atoms with Crippen molar-refractivity contribution in [1.82, 2.24) is 0 Å². The van der Waals surface area contributed by atoms with Gasteiger partial charge in [-0.05, 0) is 51.2 Å². The van der Waals surface area contributed by atoms with Crippen LogP contribution < -0.4 is 5.84 Å². The molecule has 0 aromatic heterocycles.